The van der Waals surface area contributed by atoms with Gasteiger partial charge >= 0.3 is 0 Å². The van der Waals surface area contributed by atoms with Crippen molar-refractivity contribution in [2.75, 3.05) is 11.9 Å². The lowest BCUT2D eigenvalue weighted by molar-refractivity contribution is 0.146. The third-order valence-corrected chi connectivity index (χ3v) is 5.64. The zero-order chi connectivity index (χ0) is 26.8. The number of rotatable bonds is 8. The summed E-state index contributed by atoms with van der Waals surface area (Å²) in [5.74, 6) is -1.75. The Hall–Kier alpha value is -4.74. The van der Waals surface area contributed by atoms with E-state index < -0.39 is 23.8 Å². The smallest absolute Gasteiger partial charge is 0.280 e. The zero-order valence-electron chi connectivity index (χ0n) is 19.9. The summed E-state index contributed by atoms with van der Waals surface area (Å²) in [6.45, 7) is 1.76. The number of benzene rings is 2. The van der Waals surface area contributed by atoms with Crippen LogP contribution in [0.2, 0.25) is 0 Å². The highest BCUT2D eigenvalue weighted by molar-refractivity contribution is 5.92. The van der Waals surface area contributed by atoms with Crippen molar-refractivity contribution in [2.45, 2.75) is 19.9 Å². The largest absolute Gasteiger partial charge is 0.503 e. The first-order chi connectivity index (χ1) is 18.3. The highest BCUT2D eigenvalue weighted by Gasteiger charge is 2.20. The summed E-state index contributed by atoms with van der Waals surface area (Å²) < 4.78 is 62.2. The minimum absolute atomic E-state index is 0.0522. The summed E-state index contributed by atoms with van der Waals surface area (Å²) in [6, 6.07) is 11.8. The average molecular weight is 524 g/mol. The second-order valence-electron chi connectivity index (χ2n) is 8.14. The Labute approximate surface area is 213 Å². The Morgan fingerprint density at radius 3 is 2.55 bits per heavy atom. The minimum Gasteiger partial charge on any atom is -0.503 e. The highest BCUT2D eigenvalue weighted by Crippen LogP contribution is 2.32. The molecule has 0 aliphatic heterocycles. The Bertz CT molecular complexity index is 1600. The molecule has 0 spiro atoms. The van der Waals surface area contributed by atoms with Gasteiger partial charge in [0, 0.05) is 35.0 Å². The standard InChI is InChI=1S/C26H20F4N6O2/c1-2-38-15-10-18(27)17(19(28)11-15)13-36-21-6-4-3-5-16(21)23(35-36)26-32-12-22(37)25(34-26)33-14-7-8-31-20(9-14)24(29)30/h3-12,24,37H,2,13H2,1H3,(H,31,32,33,34). The lowest BCUT2D eigenvalue weighted by atomic mass is 10.1. The van der Waals surface area contributed by atoms with Crippen molar-refractivity contribution in [1.29, 1.82) is 0 Å². The van der Waals surface area contributed by atoms with Gasteiger partial charge < -0.3 is 15.2 Å². The molecule has 0 atom stereocenters. The molecule has 0 fully saturated rings. The molecule has 8 nitrogen and oxygen atoms in total. The van der Waals surface area contributed by atoms with Gasteiger partial charge in [-0.1, -0.05) is 18.2 Å². The van der Waals surface area contributed by atoms with E-state index in [1.807, 2.05) is 0 Å². The first kappa shape index (κ1) is 24.9. The Balaban J connectivity index is 1.53. The number of para-hydroxylation sites is 1. The van der Waals surface area contributed by atoms with Crippen LogP contribution in [0, 0.1) is 11.6 Å². The number of hydrogen-bond acceptors (Lipinski definition) is 7. The van der Waals surface area contributed by atoms with E-state index in [-0.39, 0.29) is 47.5 Å². The molecule has 0 aliphatic rings. The van der Waals surface area contributed by atoms with Gasteiger partial charge in [-0.3, -0.25) is 9.67 Å². The molecule has 38 heavy (non-hydrogen) atoms. The van der Waals surface area contributed by atoms with Gasteiger partial charge in [-0.25, -0.2) is 27.5 Å². The molecule has 3 aromatic heterocycles. The normalized spacial score (nSPS) is 11.3. The minimum atomic E-state index is -2.77. The Morgan fingerprint density at radius 2 is 1.82 bits per heavy atom. The van der Waals surface area contributed by atoms with Gasteiger partial charge in [0.25, 0.3) is 6.43 Å². The van der Waals surface area contributed by atoms with Gasteiger partial charge in [0.2, 0.25) is 0 Å². The van der Waals surface area contributed by atoms with Crippen LogP contribution in [0.15, 0.2) is 60.9 Å². The summed E-state index contributed by atoms with van der Waals surface area (Å²) in [6.07, 6.45) is -0.428. The SMILES string of the molecule is CCOc1cc(F)c(Cn2nc(-c3ncc(O)c(Nc4ccnc(C(F)F)c4)n3)c3ccccc32)c(F)c1. The molecule has 5 aromatic rings. The quantitative estimate of drug-likeness (QED) is 0.240. The molecule has 194 valence electrons. The van der Waals surface area contributed by atoms with Gasteiger partial charge in [-0.2, -0.15) is 5.10 Å². The van der Waals surface area contributed by atoms with Crippen molar-refractivity contribution in [3.8, 4) is 23.0 Å². The number of aromatic nitrogens is 5. The molecule has 3 heterocycles. The summed E-state index contributed by atoms with van der Waals surface area (Å²) >= 11 is 0. The third-order valence-electron chi connectivity index (χ3n) is 5.64. The topological polar surface area (TPSA) is 98.0 Å². The monoisotopic (exact) mass is 524 g/mol. The van der Waals surface area contributed by atoms with Crippen molar-refractivity contribution in [1.82, 2.24) is 24.7 Å². The fourth-order valence-electron chi connectivity index (χ4n) is 3.91. The molecular formula is C26H20F4N6O2. The molecule has 2 N–H and O–H groups in total. The third kappa shape index (κ3) is 4.92. The lowest BCUT2D eigenvalue weighted by Crippen LogP contribution is -2.07. The molecular weight excluding hydrogens is 504 g/mol. The van der Waals surface area contributed by atoms with Gasteiger partial charge in [0.05, 0.1) is 24.9 Å². The van der Waals surface area contributed by atoms with Gasteiger partial charge in [-0.05, 0) is 25.1 Å². The van der Waals surface area contributed by atoms with E-state index in [1.165, 1.54) is 16.9 Å². The summed E-state index contributed by atoms with van der Waals surface area (Å²) in [5.41, 5.74) is 0.444. The number of pyridine rings is 1. The molecule has 0 radical (unpaired) electrons. The van der Waals surface area contributed by atoms with E-state index in [0.29, 0.717) is 16.6 Å². The predicted molar refractivity (Wildman–Crippen MR) is 132 cm³/mol. The summed E-state index contributed by atoms with van der Waals surface area (Å²) in [4.78, 5) is 12.1. The zero-order valence-corrected chi connectivity index (χ0v) is 19.9. The maximum absolute atomic E-state index is 14.8. The Kier molecular flexibility index (Phi) is 6.77. The van der Waals surface area contributed by atoms with E-state index in [0.717, 1.165) is 24.4 Å². The van der Waals surface area contributed by atoms with Gasteiger partial charge in [0.1, 0.15) is 28.8 Å². The van der Waals surface area contributed by atoms with Crippen LogP contribution in [-0.4, -0.2) is 36.4 Å². The molecule has 0 amide bonds. The van der Waals surface area contributed by atoms with Crippen LogP contribution in [0.25, 0.3) is 22.4 Å². The first-order valence-electron chi connectivity index (χ1n) is 11.5. The predicted octanol–water partition coefficient (Wildman–Crippen LogP) is 6.00. The van der Waals surface area contributed by atoms with Gasteiger partial charge in [0.15, 0.2) is 17.4 Å². The average Bonchev–Trinajstić information content (AvgIpc) is 3.26. The molecule has 5 rings (SSSR count). The first-order valence-corrected chi connectivity index (χ1v) is 11.5. The van der Waals surface area contributed by atoms with Crippen LogP contribution < -0.4 is 10.1 Å². The molecule has 0 unspecified atom stereocenters. The van der Waals surface area contributed by atoms with Crippen LogP contribution in [0.4, 0.5) is 29.1 Å². The number of hydrogen-bond donors (Lipinski definition) is 2. The van der Waals surface area contributed by atoms with Crippen molar-refractivity contribution in [2.24, 2.45) is 0 Å². The molecule has 12 heteroatoms. The molecule has 0 saturated heterocycles. The molecule has 0 bridgehead atoms. The molecule has 0 aliphatic carbocycles. The Morgan fingerprint density at radius 1 is 1.05 bits per heavy atom. The van der Waals surface area contributed by atoms with Crippen molar-refractivity contribution in [3.63, 3.8) is 0 Å². The van der Waals surface area contributed by atoms with E-state index in [9.17, 15) is 22.7 Å². The molecule has 0 saturated carbocycles. The van der Waals surface area contributed by atoms with Crippen molar-refractivity contribution in [3.05, 3.63) is 83.8 Å². The van der Waals surface area contributed by atoms with Crippen LogP contribution >= 0.6 is 0 Å². The van der Waals surface area contributed by atoms with E-state index in [2.05, 4.69) is 25.4 Å². The fourth-order valence-corrected chi connectivity index (χ4v) is 3.91. The van der Waals surface area contributed by atoms with Crippen molar-refractivity contribution < 1.29 is 27.4 Å². The van der Waals surface area contributed by atoms with E-state index in [1.54, 1.807) is 31.2 Å². The van der Waals surface area contributed by atoms with Crippen LogP contribution in [-0.2, 0) is 6.54 Å². The maximum Gasteiger partial charge on any atom is 0.280 e. The van der Waals surface area contributed by atoms with Gasteiger partial charge in [-0.15, -0.1) is 0 Å². The molecule has 2 aromatic carbocycles. The second kappa shape index (κ2) is 10.3. The number of halogens is 4. The second-order valence-corrected chi connectivity index (χ2v) is 8.14. The van der Waals surface area contributed by atoms with E-state index >= 15 is 0 Å². The number of fused-ring (bicyclic) bond motifs is 1. The number of aromatic hydroxyl groups is 1. The fraction of sp³-hybridized carbons (Fsp3) is 0.154. The van der Waals surface area contributed by atoms with Crippen LogP contribution in [0.5, 0.6) is 11.5 Å². The van der Waals surface area contributed by atoms with Crippen molar-refractivity contribution >= 4 is 22.4 Å². The number of alkyl halides is 2. The van der Waals surface area contributed by atoms with E-state index in [4.69, 9.17) is 4.74 Å². The lowest BCUT2D eigenvalue weighted by Gasteiger charge is -2.10. The van der Waals surface area contributed by atoms with Crippen LogP contribution in [0.1, 0.15) is 24.6 Å². The number of nitrogens with zero attached hydrogens (tertiary/aromatic N) is 5. The number of anilines is 2. The number of nitrogens with one attached hydrogen (secondary N) is 1. The summed E-state index contributed by atoms with van der Waals surface area (Å²) in [5, 5.41) is 18.2. The number of ether oxygens (including phenoxy) is 1. The summed E-state index contributed by atoms with van der Waals surface area (Å²) in [7, 11) is 0. The maximum atomic E-state index is 14.8. The van der Waals surface area contributed by atoms with Crippen LogP contribution in [0.3, 0.4) is 0 Å². The highest BCUT2D eigenvalue weighted by atomic mass is 19.3.